The van der Waals surface area contributed by atoms with Gasteiger partial charge in [0.2, 0.25) is 0 Å². The minimum absolute atomic E-state index is 0.412. The first-order valence-electron chi connectivity index (χ1n) is 5.76. The van der Waals surface area contributed by atoms with E-state index in [2.05, 4.69) is 11.9 Å². The molecule has 1 aromatic carbocycles. The number of likely N-dealkylation sites (N-methyl/N-ethyl adjacent to an activating group) is 1. The first-order chi connectivity index (χ1) is 8.58. The summed E-state index contributed by atoms with van der Waals surface area (Å²) >= 11 is 6.20. The van der Waals surface area contributed by atoms with Crippen LogP contribution >= 0.6 is 11.6 Å². The summed E-state index contributed by atoms with van der Waals surface area (Å²) < 4.78 is 0. The van der Waals surface area contributed by atoms with Crippen LogP contribution in [0, 0.1) is 0 Å². The Kier molecular flexibility index (Phi) is 3.59. The molecule has 0 bridgehead atoms. The van der Waals surface area contributed by atoms with Crippen molar-refractivity contribution in [1.29, 1.82) is 0 Å². The molecule has 0 fully saturated rings. The Morgan fingerprint density at radius 1 is 1.61 bits per heavy atom. The molecule has 1 aromatic rings. The van der Waals surface area contributed by atoms with E-state index in [9.17, 15) is 9.90 Å². The van der Waals surface area contributed by atoms with E-state index < -0.39 is 12.0 Å². The predicted molar refractivity (Wildman–Crippen MR) is 73.1 cm³/mol. The Hall–Kier alpha value is -1.52. The van der Waals surface area contributed by atoms with E-state index in [4.69, 9.17) is 11.6 Å². The van der Waals surface area contributed by atoms with Crippen molar-refractivity contribution in [2.45, 2.75) is 13.0 Å². The lowest BCUT2D eigenvalue weighted by Gasteiger charge is -2.23. The van der Waals surface area contributed by atoms with Crippen molar-refractivity contribution < 1.29 is 9.90 Å². The van der Waals surface area contributed by atoms with Crippen LogP contribution in [0.5, 0.6) is 0 Å². The standard InChI is InChI=1S/C13H15ClN2O2/c1-3-5-16(4-2)11-7-10-8(6-9(11)14)12(17)13(18)15-10/h3,6-7,12,17H,1,4-5H2,2H3,(H,15,18). The minimum Gasteiger partial charge on any atom is -0.378 e. The van der Waals surface area contributed by atoms with Gasteiger partial charge in [-0.05, 0) is 19.1 Å². The molecule has 1 aliphatic heterocycles. The van der Waals surface area contributed by atoms with Gasteiger partial charge in [0.15, 0.2) is 6.10 Å². The van der Waals surface area contributed by atoms with Gasteiger partial charge >= 0.3 is 0 Å². The molecule has 96 valence electrons. The molecule has 0 spiro atoms. The molecule has 0 saturated carbocycles. The van der Waals surface area contributed by atoms with E-state index in [0.717, 1.165) is 12.2 Å². The van der Waals surface area contributed by atoms with Crippen LogP contribution in [-0.2, 0) is 4.79 Å². The van der Waals surface area contributed by atoms with Crippen molar-refractivity contribution in [3.63, 3.8) is 0 Å². The highest BCUT2D eigenvalue weighted by Crippen LogP contribution is 2.38. The maximum Gasteiger partial charge on any atom is 0.257 e. The Morgan fingerprint density at radius 3 is 2.94 bits per heavy atom. The Bertz CT molecular complexity index is 502. The van der Waals surface area contributed by atoms with Crippen LogP contribution in [0.2, 0.25) is 5.02 Å². The molecule has 1 atom stereocenters. The van der Waals surface area contributed by atoms with Crippen LogP contribution in [-0.4, -0.2) is 24.1 Å². The molecule has 18 heavy (non-hydrogen) atoms. The molecule has 2 rings (SSSR count). The molecule has 1 aliphatic rings. The van der Waals surface area contributed by atoms with Gasteiger partial charge in [-0.3, -0.25) is 4.79 Å². The molecular weight excluding hydrogens is 252 g/mol. The van der Waals surface area contributed by atoms with Crippen molar-refractivity contribution in [2.75, 3.05) is 23.3 Å². The third-order valence-corrected chi connectivity index (χ3v) is 3.29. The van der Waals surface area contributed by atoms with E-state index in [1.165, 1.54) is 0 Å². The summed E-state index contributed by atoms with van der Waals surface area (Å²) in [5.74, 6) is -0.412. The Morgan fingerprint density at radius 2 is 2.33 bits per heavy atom. The first-order valence-corrected chi connectivity index (χ1v) is 6.14. The number of benzene rings is 1. The summed E-state index contributed by atoms with van der Waals surface area (Å²) in [6.07, 6.45) is 0.668. The van der Waals surface area contributed by atoms with E-state index in [1.807, 2.05) is 11.8 Å². The summed E-state index contributed by atoms with van der Waals surface area (Å²) in [7, 11) is 0. The smallest absolute Gasteiger partial charge is 0.257 e. The van der Waals surface area contributed by atoms with E-state index in [-0.39, 0.29) is 0 Å². The summed E-state index contributed by atoms with van der Waals surface area (Å²) in [6, 6.07) is 3.43. The van der Waals surface area contributed by atoms with Gasteiger partial charge < -0.3 is 15.3 Å². The van der Waals surface area contributed by atoms with Gasteiger partial charge in [0, 0.05) is 24.3 Å². The molecule has 1 heterocycles. The number of nitrogens with zero attached hydrogens (tertiary/aromatic N) is 1. The van der Waals surface area contributed by atoms with Crippen LogP contribution in [0.3, 0.4) is 0 Å². The van der Waals surface area contributed by atoms with Crippen LogP contribution in [0.1, 0.15) is 18.6 Å². The van der Waals surface area contributed by atoms with Gasteiger partial charge in [0.25, 0.3) is 5.91 Å². The number of anilines is 2. The normalized spacial score (nSPS) is 17.3. The number of hydrogen-bond acceptors (Lipinski definition) is 3. The van der Waals surface area contributed by atoms with Gasteiger partial charge in [-0.2, -0.15) is 0 Å². The van der Waals surface area contributed by atoms with Crippen LogP contribution < -0.4 is 10.2 Å². The molecular formula is C13H15ClN2O2. The van der Waals surface area contributed by atoms with Crippen molar-refractivity contribution in [3.05, 3.63) is 35.4 Å². The highest BCUT2D eigenvalue weighted by molar-refractivity contribution is 6.33. The summed E-state index contributed by atoms with van der Waals surface area (Å²) in [4.78, 5) is 13.4. The zero-order valence-electron chi connectivity index (χ0n) is 10.1. The SMILES string of the molecule is C=CCN(CC)c1cc2c(cc1Cl)C(O)C(=O)N2. The lowest BCUT2D eigenvalue weighted by atomic mass is 10.1. The molecule has 2 N–H and O–H groups in total. The average Bonchev–Trinajstić information content (AvgIpc) is 2.62. The number of rotatable bonds is 4. The average molecular weight is 267 g/mol. The number of carbonyl (C=O) groups excluding carboxylic acids is 1. The van der Waals surface area contributed by atoms with Crippen molar-refractivity contribution >= 4 is 28.9 Å². The molecule has 4 nitrogen and oxygen atoms in total. The number of halogens is 1. The van der Waals surface area contributed by atoms with Crippen LogP contribution in [0.4, 0.5) is 11.4 Å². The topological polar surface area (TPSA) is 52.6 Å². The molecule has 0 radical (unpaired) electrons. The number of nitrogens with one attached hydrogen (secondary N) is 1. The van der Waals surface area contributed by atoms with Crippen molar-refractivity contribution in [2.24, 2.45) is 0 Å². The molecule has 1 unspecified atom stereocenters. The fourth-order valence-electron chi connectivity index (χ4n) is 2.05. The summed E-state index contributed by atoms with van der Waals surface area (Å²) in [5.41, 5.74) is 1.98. The van der Waals surface area contributed by atoms with Crippen molar-refractivity contribution in [3.8, 4) is 0 Å². The highest BCUT2D eigenvalue weighted by Gasteiger charge is 2.30. The number of fused-ring (bicyclic) bond motifs is 1. The largest absolute Gasteiger partial charge is 0.378 e. The second kappa shape index (κ2) is 5.00. The summed E-state index contributed by atoms with van der Waals surface area (Å²) in [6.45, 7) is 7.17. The lowest BCUT2D eigenvalue weighted by Crippen LogP contribution is -2.22. The van der Waals surface area contributed by atoms with Gasteiger partial charge in [0.05, 0.1) is 10.7 Å². The summed E-state index contributed by atoms with van der Waals surface area (Å²) in [5, 5.41) is 12.8. The number of hydrogen-bond donors (Lipinski definition) is 2. The predicted octanol–water partition coefficient (Wildman–Crippen LogP) is 2.34. The molecule has 0 aliphatic carbocycles. The lowest BCUT2D eigenvalue weighted by molar-refractivity contribution is -0.123. The van der Waals surface area contributed by atoms with Gasteiger partial charge in [-0.1, -0.05) is 17.7 Å². The molecule has 0 saturated heterocycles. The number of amides is 1. The second-order valence-electron chi connectivity index (χ2n) is 4.11. The van der Waals surface area contributed by atoms with Gasteiger partial charge in [0.1, 0.15) is 0 Å². The maximum atomic E-state index is 11.4. The van der Waals surface area contributed by atoms with Gasteiger partial charge in [-0.15, -0.1) is 6.58 Å². The second-order valence-corrected chi connectivity index (χ2v) is 4.52. The zero-order valence-corrected chi connectivity index (χ0v) is 10.9. The fourth-order valence-corrected chi connectivity index (χ4v) is 2.34. The number of aliphatic hydroxyl groups is 1. The number of aliphatic hydroxyl groups excluding tert-OH is 1. The Balaban J connectivity index is 2.43. The monoisotopic (exact) mass is 266 g/mol. The quantitative estimate of drug-likeness (QED) is 0.823. The van der Waals surface area contributed by atoms with Crippen LogP contribution in [0.25, 0.3) is 0 Å². The van der Waals surface area contributed by atoms with Crippen molar-refractivity contribution in [1.82, 2.24) is 0 Å². The Labute approximate surface area is 111 Å². The van der Waals surface area contributed by atoms with E-state index in [0.29, 0.717) is 22.8 Å². The molecule has 1 amide bonds. The maximum absolute atomic E-state index is 11.4. The third-order valence-electron chi connectivity index (χ3n) is 2.99. The zero-order chi connectivity index (χ0) is 13.3. The van der Waals surface area contributed by atoms with E-state index >= 15 is 0 Å². The third kappa shape index (κ3) is 2.09. The van der Waals surface area contributed by atoms with Gasteiger partial charge in [-0.25, -0.2) is 0 Å². The van der Waals surface area contributed by atoms with Crippen LogP contribution in [0.15, 0.2) is 24.8 Å². The first kappa shape index (κ1) is 12.9. The molecule has 0 aromatic heterocycles. The van der Waals surface area contributed by atoms with E-state index in [1.54, 1.807) is 18.2 Å². The molecule has 5 heteroatoms. The number of carbonyl (C=O) groups is 1. The minimum atomic E-state index is -1.12. The highest BCUT2D eigenvalue weighted by atomic mass is 35.5. The fraction of sp³-hybridized carbons (Fsp3) is 0.308.